The standard InChI is InChI=1S/C14H10N4O3/c15-6-8-9(7-4-2-1-3-5-7)10-12(19)17-14(20)18-13(10)21-11(8)16/h1-5,9H,16H2,(H2,17,18,19,20). The summed E-state index contributed by atoms with van der Waals surface area (Å²) in [6.07, 6.45) is 0. The van der Waals surface area contributed by atoms with Gasteiger partial charge in [-0.2, -0.15) is 5.26 Å². The number of benzene rings is 1. The zero-order valence-electron chi connectivity index (χ0n) is 10.7. The lowest BCUT2D eigenvalue weighted by Gasteiger charge is -2.24. The lowest BCUT2D eigenvalue weighted by atomic mass is 9.85. The Morgan fingerprint density at radius 1 is 1.19 bits per heavy atom. The van der Waals surface area contributed by atoms with Crippen LogP contribution < -0.4 is 21.7 Å². The largest absolute Gasteiger partial charge is 0.424 e. The molecule has 1 aliphatic heterocycles. The number of rotatable bonds is 1. The zero-order chi connectivity index (χ0) is 15.0. The number of nitrogens with zero attached hydrogens (tertiary/aromatic N) is 1. The molecule has 0 saturated carbocycles. The summed E-state index contributed by atoms with van der Waals surface area (Å²) in [6, 6.07) is 10.9. The number of aromatic amines is 2. The molecule has 1 aromatic carbocycles. The van der Waals surface area contributed by atoms with Gasteiger partial charge < -0.3 is 10.5 Å². The van der Waals surface area contributed by atoms with Crippen LogP contribution in [0.3, 0.4) is 0 Å². The number of ether oxygens (including phenoxy) is 1. The van der Waals surface area contributed by atoms with Gasteiger partial charge >= 0.3 is 5.69 Å². The topological polar surface area (TPSA) is 125 Å². The molecule has 0 fully saturated rings. The van der Waals surface area contributed by atoms with E-state index in [1.165, 1.54) is 0 Å². The van der Waals surface area contributed by atoms with Gasteiger partial charge in [-0.05, 0) is 5.56 Å². The van der Waals surface area contributed by atoms with Crippen molar-refractivity contribution >= 4 is 0 Å². The molecule has 0 saturated heterocycles. The highest BCUT2D eigenvalue weighted by molar-refractivity contribution is 5.52. The predicted octanol–water partition coefficient (Wildman–Crippen LogP) is 0.281. The lowest BCUT2D eigenvalue weighted by molar-refractivity contribution is 0.373. The molecule has 1 atom stereocenters. The van der Waals surface area contributed by atoms with Gasteiger partial charge in [-0.3, -0.25) is 14.8 Å². The van der Waals surface area contributed by atoms with Crippen molar-refractivity contribution in [2.45, 2.75) is 5.92 Å². The molecule has 0 radical (unpaired) electrons. The van der Waals surface area contributed by atoms with Gasteiger partial charge in [-0.25, -0.2) is 4.79 Å². The quantitative estimate of drug-likeness (QED) is 0.692. The number of hydrogen-bond donors (Lipinski definition) is 3. The summed E-state index contributed by atoms with van der Waals surface area (Å²) < 4.78 is 5.21. The maximum absolute atomic E-state index is 12.1. The number of hydrogen-bond acceptors (Lipinski definition) is 5. The first-order chi connectivity index (χ1) is 10.1. The van der Waals surface area contributed by atoms with Crippen LogP contribution in [0.5, 0.6) is 5.88 Å². The highest BCUT2D eigenvalue weighted by Gasteiger charge is 2.33. The number of nitriles is 1. The van der Waals surface area contributed by atoms with E-state index in [4.69, 9.17) is 10.5 Å². The average molecular weight is 282 g/mol. The third-order valence-corrected chi connectivity index (χ3v) is 3.25. The molecule has 2 heterocycles. The van der Waals surface area contributed by atoms with Crippen LogP contribution in [0.15, 0.2) is 51.4 Å². The van der Waals surface area contributed by atoms with Gasteiger partial charge in [0.1, 0.15) is 11.6 Å². The Hall–Kier alpha value is -3.27. The van der Waals surface area contributed by atoms with Crippen molar-refractivity contribution in [3.63, 3.8) is 0 Å². The van der Waals surface area contributed by atoms with E-state index in [1.807, 2.05) is 12.1 Å². The van der Waals surface area contributed by atoms with Crippen molar-refractivity contribution in [3.05, 3.63) is 73.8 Å². The summed E-state index contributed by atoms with van der Waals surface area (Å²) in [7, 11) is 0. The monoisotopic (exact) mass is 282 g/mol. The molecule has 1 aromatic heterocycles. The molecule has 1 unspecified atom stereocenters. The first-order valence-corrected chi connectivity index (χ1v) is 6.11. The minimum absolute atomic E-state index is 0.0332. The first kappa shape index (κ1) is 12.7. The van der Waals surface area contributed by atoms with E-state index in [1.54, 1.807) is 24.3 Å². The zero-order valence-corrected chi connectivity index (χ0v) is 10.7. The lowest BCUT2D eigenvalue weighted by Crippen LogP contribution is -2.33. The van der Waals surface area contributed by atoms with E-state index in [2.05, 4.69) is 9.97 Å². The molecule has 0 spiro atoms. The fourth-order valence-electron chi connectivity index (χ4n) is 2.37. The number of allylic oxidation sites excluding steroid dienone is 1. The van der Waals surface area contributed by atoms with Gasteiger partial charge in [-0.1, -0.05) is 30.3 Å². The number of H-pyrrole nitrogens is 2. The molecule has 0 aliphatic carbocycles. The van der Waals surface area contributed by atoms with Gasteiger partial charge in [-0.15, -0.1) is 0 Å². The van der Waals surface area contributed by atoms with Crippen LogP contribution >= 0.6 is 0 Å². The van der Waals surface area contributed by atoms with Crippen LogP contribution in [0, 0.1) is 11.3 Å². The van der Waals surface area contributed by atoms with E-state index in [0.29, 0.717) is 5.56 Å². The SMILES string of the molecule is N#CC1=C(N)Oc2[nH]c(=O)[nH]c(=O)c2C1c1ccccc1. The van der Waals surface area contributed by atoms with E-state index >= 15 is 0 Å². The van der Waals surface area contributed by atoms with Crippen molar-refractivity contribution in [3.8, 4) is 11.9 Å². The first-order valence-electron chi connectivity index (χ1n) is 6.11. The Bertz CT molecular complexity index is 887. The summed E-state index contributed by atoms with van der Waals surface area (Å²) in [5, 5.41) is 9.31. The van der Waals surface area contributed by atoms with E-state index in [-0.39, 0.29) is 22.9 Å². The maximum Gasteiger partial charge on any atom is 0.328 e. The number of nitrogens with two attached hydrogens (primary N) is 1. The fraction of sp³-hybridized carbons (Fsp3) is 0.0714. The second kappa shape index (κ2) is 4.68. The molecule has 4 N–H and O–H groups in total. The molecule has 0 bridgehead atoms. The third-order valence-electron chi connectivity index (χ3n) is 3.25. The highest BCUT2D eigenvalue weighted by Crippen LogP contribution is 2.38. The van der Waals surface area contributed by atoms with Gasteiger partial charge in [0, 0.05) is 0 Å². The molecule has 21 heavy (non-hydrogen) atoms. The average Bonchev–Trinajstić information content (AvgIpc) is 2.46. The summed E-state index contributed by atoms with van der Waals surface area (Å²) >= 11 is 0. The molecule has 3 rings (SSSR count). The molecule has 2 aromatic rings. The van der Waals surface area contributed by atoms with Gasteiger partial charge in [0.15, 0.2) is 0 Å². The molecule has 7 heteroatoms. The summed E-state index contributed by atoms with van der Waals surface area (Å²) in [4.78, 5) is 28.0. The summed E-state index contributed by atoms with van der Waals surface area (Å²) in [6.45, 7) is 0. The Morgan fingerprint density at radius 2 is 1.90 bits per heavy atom. The van der Waals surface area contributed by atoms with Crippen LogP contribution in [0.4, 0.5) is 0 Å². The molecule has 104 valence electrons. The third kappa shape index (κ3) is 1.99. The highest BCUT2D eigenvalue weighted by atomic mass is 16.5. The van der Waals surface area contributed by atoms with Crippen molar-refractivity contribution in [2.24, 2.45) is 5.73 Å². The van der Waals surface area contributed by atoms with Gasteiger partial charge in [0.25, 0.3) is 5.56 Å². The second-order valence-electron chi connectivity index (χ2n) is 4.49. The Balaban J connectivity index is 2.34. The number of nitrogens with one attached hydrogen (secondary N) is 2. The Labute approximate surface area is 118 Å². The normalized spacial score (nSPS) is 16.8. The minimum Gasteiger partial charge on any atom is -0.424 e. The Kier molecular flexibility index (Phi) is 2.84. The maximum atomic E-state index is 12.1. The molecular weight excluding hydrogens is 272 g/mol. The number of aromatic nitrogens is 2. The van der Waals surface area contributed by atoms with Gasteiger partial charge in [0.05, 0.1) is 11.5 Å². The van der Waals surface area contributed by atoms with Crippen LogP contribution in [-0.2, 0) is 0 Å². The predicted molar refractivity (Wildman–Crippen MR) is 73.4 cm³/mol. The summed E-state index contributed by atoms with van der Waals surface area (Å²) in [5.74, 6) is -0.838. The van der Waals surface area contributed by atoms with Crippen molar-refractivity contribution in [1.29, 1.82) is 5.26 Å². The molecule has 1 aliphatic rings. The van der Waals surface area contributed by atoms with Crippen LogP contribution in [0.25, 0.3) is 0 Å². The van der Waals surface area contributed by atoms with Crippen molar-refractivity contribution in [2.75, 3.05) is 0 Å². The van der Waals surface area contributed by atoms with Crippen LogP contribution in [0.1, 0.15) is 17.0 Å². The number of fused-ring (bicyclic) bond motifs is 1. The Morgan fingerprint density at radius 3 is 2.57 bits per heavy atom. The smallest absolute Gasteiger partial charge is 0.328 e. The molecular formula is C14H10N4O3. The minimum atomic E-state index is -0.696. The van der Waals surface area contributed by atoms with Crippen molar-refractivity contribution < 1.29 is 4.74 Å². The van der Waals surface area contributed by atoms with Crippen LogP contribution in [0.2, 0.25) is 0 Å². The van der Waals surface area contributed by atoms with Crippen LogP contribution in [-0.4, -0.2) is 9.97 Å². The van der Waals surface area contributed by atoms with E-state index in [0.717, 1.165) is 0 Å². The van der Waals surface area contributed by atoms with E-state index in [9.17, 15) is 14.9 Å². The van der Waals surface area contributed by atoms with Gasteiger partial charge in [0.2, 0.25) is 11.8 Å². The van der Waals surface area contributed by atoms with E-state index < -0.39 is 17.2 Å². The molecule has 0 amide bonds. The second-order valence-corrected chi connectivity index (χ2v) is 4.49. The molecule has 7 nitrogen and oxygen atoms in total. The fourth-order valence-corrected chi connectivity index (χ4v) is 2.37. The summed E-state index contributed by atoms with van der Waals surface area (Å²) in [5.41, 5.74) is 5.43. The van der Waals surface area contributed by atoms with Crippen molar-refractivity contribution in [1.82, 2.24) is 9.97 Å².